The monoisotopic (exact) mass is 373 g/mol. The fourth-order valence-corrected chi connectivity index (χ4v) is 3.79. The topological polar surface area (TPSA) is 68.5 Å². The summed E-state index contributed by atoms with van der Waals surface area (Å²) in [4.78, 5) is 2.33. The number of ether oxygens (including phenoxy) is 1. The molecule has 6 heteroatoms. The Morgan fingerprint density at radius 3 is 2.81 bits per heavy atom. The van der Waals surface area contributed by atoms with Gasteiger partial charge in [-0.15, -0.1) is 0 Å². The SMILES string of the molecule is C[C@H]1C=C(N2CCNC[C@H]2c2ccc(C#N)cc2)C(Cl)=CC1OCCO. The van der Waals surface area contributed by atoms with Crippen molar-refractivity contribution < 1.29 is 9.84 Å². The maximum absolute atomic E-state index is 9.01. The standard InChI is InChI=1S/C20H24ClN3O2/c1-14-10-18(17(21)11-20(14)26-9-8-25)24-7-6-23-13-19(24)16-4-2-15(12-22)3-5-16/h2-5,10-11,14,19-20,23,25H,6-9,13H2,1H3/t14-,19-,20?/m0/s1. The molecule has 0 radical (unpaired) electrons. The molecule has 1 heterocycles. The molecule has 2 N–H and O–H groups in total. The zero-order chi connectivity index (χ0) is 18.5. The van der Waals surface area contributed by atoms with Gasteiger partial charge < -0.3 is 20.1 Å². The van der Waals surface area contributed by atoms with E-state index < -0.39 is 0 Å². The van der Waals surface area contributed by atoms with Crippen LogP contribution in [0.3, 0.4) is 0 Å². The third kappa shape index (κ3) is 4.11. The van der Waals surface area contributed by atoms with Crippen LogP contribution >= 0.6 is 11.6 Å². The first-order valence-corrected chi connectivity index (χ1v) is 9.31. The number of nitrogens with zero attached hydrogens (tertiary/aromatic N) is 2. The van der Waals surface area contributed by atoms with Gasteiger partial charge in [0.2, 0.25) is 0 Å². The first kappa shape index (κ1) is 18.9. The Morgan fingerprint density at radius 1 is 1.35 bits per heavy atom. The van der Waals surface area contributed by atoms with E-state index in [0.29, 0.717) is 17.2 Å². The second-order valence-corrected chi connectivity index (χ2v) is 7.04. The number of benzene rings is 1. The van der Waals surface area contributed by atoms with Crippen LogP contribution in [0.1, 0.15) is 24.1 Å². The van der Waals surface area contributed by atoms with Gasteiger partial charge in [0.25, 0.3) is 0 Å². The summed E-state index contributed by atoms with van der Waals surface area (Å²) < 4.78 is 5.67. The molecule has 26 heavy (non-hydrogen) atoms. The van der Waals surface area contributed by atoms with Gasteiger partial charge in [-0.1, -0.05) is 36.7 Å². The predicted molar refractivity (Wildman–Crippen MR) is 101 cm³/mol. The molecule has 138 valence electrons. The van der Waals surface area contributed by atoms with Gasteiger partial charge in [-0.25, -0.2) is 0 Å². The summed E-state index contributed by atoms with van der Waals surface area (Å²) in [5.74, 6) is 0.176. The maximum atomic E-state index is 9.01. The molecule has 2 aliphatic rings. The molecule has 0 amide bonds. The van der Waals surface area contributed by atoms with Gasteiger partial charge in [0.1, 0.15) is 0 Å². The van der Waals surface area contributed by atoms with Gasteiger partial charge in [0, 0.05) is 25.6 Å². The zero-order valence-corrected chi connectivity index (χ0v) is 15.6. The molecule has 1 unspecified atom stereocenters. The van der Waals surface area contributed by atoms with Crippen LogP contribution in [-0.4, -0.2) is 49.0 Å². The number of nitriles is 1. The second kappa shape index (κ2) is 8.70. The summed E-state index contributed by atoms with van der Waals surface area (Å²) >= 11 is 6.60. The largest absolute Gasteiger partial charge is 0.394 e. The highest BCUT2D eigenvalue weighted by atomic mass is 35.5. The molecule has 1 aromatic carbocycles. The van der Waals surface area contributed by atoms with Crippen molar-refractivity contribution in [3.8, 4) is 6.07 Å². The molecular weight excluding hydrogens is 350 g/mol. The normalized spacial score (nSPS) is 26.1. The van der Waals surface area contributed by atoms with E-state index in [-0.39, 0.29) is 24.7 Å². The quantitative estimate of drug-likeness (QED) is 0.830. The van der Waals surface area contributed by atoms with E-state index in [9.17, 15) is 0 Å². The van der Waals surface area contributed by atoms with Crippen molar-refractivity contribution in [3.63, 3.8) is 0 Å². The van der Waals surface area contributed by atoms with Crippen molar-refractivity contribution in [2.45, 2.75) is 19.1 Å². The average molecular weight is 374 g/mol. The Balaban J connectivity index is 1.83. The molecule has 0 bridgehead atoms. The van der Waals surface area contributed by atoms with Crippen LogP contribution in [-0.2, 0) is 4.74 Å². The Kier molecular flexibility index (Phi) is 6.33. The van der Waals surface area contributed by atoms with Gasteiger partial charge in [0.05, 0.1) is 47.7 Å². The molecular formula is C20H24ClN3O2. The second-order valence-electron chi connectivity index (χ2n) is 6.63. The Hall–Kier alpha value is -1.84. The molecule has 3 atom stereocenters. The van der Waals surface area contributed by atoms with E-state index in [4.69, 9.17) is 26.7 Å². The van der Waals surface area contributed by atoms with Crippen LogP contribution in [0.2, 0.25) is 0 Å². The van der Waals surface area contributed by atoms with E-state index in [1.54, 1.807) is 0 Å². The van der Waals surface area contributed by atoms with Crippen LogP contribution in [0, 0.1) is 17.2 Å². The molecule has 0 aromatic heterocycles. The summed E-state index contributed by atoms with van der Waals surface area (Å²) in [6.45, 7) is 4.99. The summed E-state index contributed by atoms with van der Waals surface area (Å²) in [5, 5.41) is 22.1. The van der Waals surface area contributed by atoms with Crippen LogP contribution in [0.15, 0.2) is 47.1 Å². The number of hydrogen-bond donors (Lipinski definition) is 2. The Labute approximate surface area is 159 Å². The van der Waals surface area contributed by atoms with Gasteiger partial charge in [-0.05, 0) is 23.8 Å². The van der Waals surface area contributed by atoms with Gasteiger partial charge >= 0.3 is 0 Å². The van der Waals surface area contributed by atoms with E-state index in [2.05, 4.69) is 29.3 Å². The van der Waals surface area contributed by atoms with Crippen LogP contribution < -0.4 is 5.32 Å². The molecule has 3 rings (SSSR count). The zero-order valence-electron chi connectivity index (χ0n) is 14.9. The number of aliphatic hydroxyl groups is 1. The number of nitrogens with one attached hydrogen (secondary N) is 1. The summed E-state index contributed by atoms with van der Waals surface area (Å²) in [7, 11) is 0. The molecule has 1 saturated heterocycles. The van der Waals surface area contributed by atoms with E-state index in [1.165, 1.54) is 0 Å². The predicted octanol–water partition coefficient (Wildman–Crippen LogP) is 2.54. The number of rotatable bonds is 5. The minimum absolute atomic E-state index is 0.00378. The first-order chi connectivity index (χ1) is 12.6. The van der Waals surface area contributed by atoms with Crippen molar-refractivity contribution in [2.24, 2.45) is 5.92 Å². The molecule has 0 spiro atoms. The summed E-state index contributed by atoms with van der Waals surface area (Å²) in [6.07, 6.45) is 3.98. The molecule has 0 saturated carbocycles. The lowest BCUT2D eigenvalue weighted by Crippen LogP contribution is -2.46. The Bertz CT molecular complexity index is 724. The molecule has 1 fully saturated rings. The number of aliphatic hydroxyl groups excluding tert-OH is 1. The third-order valence-electron chi connectivity index (χ3n) is 4.87. The van der Waals surface area contributed by atoms with Gasteiger partial charge in [-0.3, -0.25) is 0 Å². The van der Waals surface area contributed by atoms with Crippen molar-refractivity contribution >= 4 is 11.6 Å². The fraction of sp³-hybridized carbons (Fsp3) is 0.450. The molecule has 5 nitrogen and oxygen atoms in total. The van der Waals surface area contributed by atoms with Gasteiger partial charge in [0.15, 0.2) is 0 Å². The van der Waals surface area contributed by atoms with E-state index in [0.717, 1.165) is 30.9 Å². The number of halogens is 1. The lowest BCUT2D eigenvalue weighted by molar-refractivity contribution is 0.0347. The van der Waals surface area contributed by atoms with Crippen LogP contribution in [0.25, 0.3) is 0 Å². The highest BCUT2D eigenvalue weighted by Gasteiger charge is 2.30. The lowest BCUT2D eigenvalue weighted by atomic mass is 9.94. The van der Waals surface area contributed by atoms with Gasteiger partial charge in [-0.2, -0.15) is 5.26 Å². The van der Waals surface area contributed by atoms with E-state index >= 15 is 0 Å². The molecule has 1 aromatic rings. The fourth-order valence-electron chi connectivity index (χ4n) is 3.50. The highest BCUT2D eigenvalue weighted by Crippen LogP contribution is 2.35. The first-order valence-electron chi connectivity index (χ1n) is 8.93. The number of hydrogen-bond acceptors (Lipinski definition) is 5. The average Bonchev–Trinajstić information content (AvgIpc) is 2.68. The summed E-state index contributed by atoms with van der Waals surface area (Å²) in [5.41, 5.74) is 2.85. The summed E-state index contributed by atoms with van der Waals surface area (Å²) in [6, 6.07) is 10.1. The van der Waals surface area contributed by atoms with E-state index in [1.807, 2.05) is 30.3 Å². The van der Waals surface area contributed by atoms with Crippen molar-refractivity contribution in [1.29, 1.82) is 5.26 Å². The minimum Gasteiger partial charge on any atom is -0.394 e. The highest BCUT2D eigenvalue weighted by molar-refractivity contribution is 6.32. The lowest BCUT2D eigenvalue weighted by Gasteiger charge is -2.41. The minimum atomic E-state index is -0.116. The maximum Gasteiger partial charge on any atom is 0.0991 e. The van der Waals surface area contributed by atoms with Crippen molar-refractivity contribution in [3.05, 3.63) is 58.3 Å². The smallest absolute Gasteiger partial charge is 0.0991 e. The molecule has 1 aliphatic heterocycles. The number of allylic oxidation sites excluding steroid dienone is 1. The van der Waals surface area contributed by atoms with Crippen LogP contribution in [0.5, 0.6) is 0 Å². The van der Waals surface area contributed by atoms with Crippen molar-refractivity contribution in [2.75, 3.05) is 32.8 Å². The Morgan fingerprint density at radius 2 is 2.12 bits per heavy atom. The van der Waals surface area contributed by atoms with Crippen molar-refractivity contribution in [1.82, 2.24) is 10.2 Å². The number of piperazine rings is 1. The molecule has 1 aliphatic carbocycles. The third-order valence-corrected chi connectivity index (χ3v) is 5.19. The van der Waals surface area contributed by atoms with Crippen LogP contribution in [0.4, 0.5) is 0 Å².